The molecule has 6 nitrogen and oxygen atoms in total. The van der Waals surface area contributed by atoms with Gasteiger partial charge in [-0.25, -0.2) is 0 Å². The molecule has 106 valence electrons. The van der Waals surface area contributed by atoms with E-state index in [0.717, 1.165) is 0 Å². The van der Waals surface area contributed by atoms with Gasteiger partial charge in [-0.15, -0.1) is 0 Å². The minimum atomic E-state index is -1.09. The number of rotatable bonds is 7. The van der Waals surface area contributed by atoms with Crippen LogP contribution in [0.15, 0.2) is 18.2 Å². The Morgan fingerprint density at radius 2 is 2.21 bits per heavy atom. The average molecular weight is 286 g/mol. The maximum atomic E-state index is 12.0. The molecule has 19 heavy (non-hydrogen) atoms. The molecular formula is C12H18N2O4S. The molecule has 0 amide bonds. The number of benzene rings is 1. The van der Waals surface area contributed by atoms with Crippen LogP contribution in [0.25, 0.3) is 0 Å². The smallest absolute Gasteiger partial charge is 0.311 e. The monoisotopic (exact) mass is 286 g/mol. The number of nitrogens with zero attached hydrogens (tertiary/aromatic N) is 1. The van der Waals surface area contributed by atoms with Gasteiger partial charge in [0.15, 0.2) is 5.75 Å². The third kappa shape index (κ3) is 4.29. The lowest BCUT2D eigenvalue weighted by atomic mass is 10.2. The predicted octanol–water partition coefficient (Wildman–Crippen LogP) is 1.59. The molecule has 2 atom stereocenters. The predicted molar refractivity (Wildman–Crippen MR) is 74.6 cm³/mol. The molecule has 0 saturated heterocycles. The average Bonchev–Trinajstić information content (AvgIpc) is 2.38. The highest BCUT2D eigenvalue weighted by Gasteiger charge is 2.17. The molecule has 2 unspecified atom stereocenters. The first-order chi connectivity index (χ1) is 8.99. The molecule has 0 fully saturated rings. The normalized spacial score (nSPS) is 13.8. The molecular weight excluding hydrogens is 268 g/mol. The Morgan fingerprint density at radius 3 is 2.74 bits per heavy atom. The van der Waals surface area contributed by atoms with Crippen molar-refractivity contribution in [2.24, 2.45) is 5.73 Å². The number of hydrogen-bond donors (Lipinski definition) is 1. The van der Waals surface area contributed by atoms with E-state index in [0.29, 0.717) is 18.5 Å². The van der Waals surface area contributed by atoms with Crippen molar-refractivity contribution >= 4 is 16.5 Å². The summed E-state index contributed by atoms with van der Waals surface area (Å²) in [5, 5.41) is 10.9. The van der Waals surface area contributed by atoms with Gasteiger partial charge in [-0.05, 0) is 24.6 Å². The Bertz CT molecular complexity index is 479. The molecule has 0 aliphatic heterocycles. The lowest BCUT2D eigenvalue weighted by Crippen LogP contribution is -2.17. The van der Waals surface area contributed by atoms with Crippen LogP contribution in [0.5, 0.6) is 5.75 Å². The fraction of sp³-hybridized carbons (Fsp3) is 0.500. The van der Waals surface area contributed by atoms with Gasteiger partial charge in [0.2, 0.25) is 0 Å². The second-order valence-electron chi connectivity index (χ2n) is 4.18. The zero-order valence-electron chi connectivity index (χ0n) is 11.0. The van der Waals surface area contributed by atoms with Gasteiger partial charge in [0.05, 0.1) is 12.0 Å². The second-order valence-corrected chi connectivity index (χ2v) is 6.03. The molecule has 1 rings (SSSR count). The second kappa shape index (κ2) is 7.20. The first kappa shape index (κ1) is 15.6. The summed E-state index contributed by atoms with van der Waals surface area (Å²) < 4.78 is 16.9. The number of nitro benzene ring substituents is 1. The van der Waals surface area contributed by atoms with Gasteiger partial charge >= 0.3 is 5.69 Å². The molecule has 2 N–H and O–H groups in total. The third-order valence-corrected chi connectivity index (χ3v) is 4.52. The quantitative estimate of drug-likeness (QED) is 0.606. The van der Waals surface area contributed by atoms with E-state index in [9.17, 15) is 14.3 Å². The van der Waals surface area contributed by atoms with Crippen LogP contribution in [0.2, 0.25) is 0 Å². The van der Waals surface area contributed by atoms with Gasteiger partial charge in [-0.1, -0.05) is 13.0 Å². The summed E-state index contributed by atoms with van der Waals surface area (Å²) in [4.78, 5) is 10.4. The van der Waals surface area contributed by atoms with Crippen molar-refractivity contribution in [3.8, 4) is 5.75 Å². The molecule has 0 aromatic heterocycles. The Labute approximate surface area is 114 Å². The highest BCUT2D eigenvalue weighted by molar-refractivity contribution is 7.84. The minimum absolute atomic E-state index is 0.0221. The van der Waals surface area contributed by atoms with E-state index < -0.39 is 15.7 Å². The number of hydrogen-bond acceptors (Lipinski definition) is 5. The summed E-state index contributed by atoms with van der Waals surface area (Å²) in [5.74, 6) is 0.487. The van der Waals surface area contributed by atoms with E-state index in [1.54, 1.807) is 6.07 Å². The zero-order chi connectivity index (χ0) is 14.4. The van der Waals surface area contributed by atoms with Crippen LogP contribution >= 0.6 is 0 Å². The summed E-state index contributed by atoms with van der Waals surface area (Å²) in [6.07, 6.45) is 0.671. The Hall–Kier alpha value is -1.47. The van der Waals surface area contributed by atoms with Crippen LogP contribution in [-0.2, 0) is 16.6 Å². The Morgan fingerprint density at radius 1 is 1.53 bits per heavy atom. The van der Waals surface area contributed by atoms with Gasteiger partial charge in [0.25, 0.3) is 0 Å². The minimum Gasteiger partial charge on any atom is -0.490 e. The molecule has 0 aliphatic carbocycles. The molecule has 1 aromatic rings. The van der Waals surface area contributed by atoms with Crippen LogP contribution in [0, 0.1) is 10.1 Å². The van der Waals surface area contributed by atoms with Crippen molar-refractivity contribution in [3.05, 3.63) is 33.9 Å². The first-order valence-corrected chi connectivity index (χ1v) is 7.26. The molecule has 0 radical (unpaired) electrons. The summed E-state index contributed by atoms with van der Waals surface area (Å²) in [5.41, 5.74) is 5.98. The molecule has 1 aromatic carbocycles. The van der Waals surface area contributed by atoms with Crippen LogP contribution in [-0.4, -0.2) is 28.0 Å². The molecule has 7 heteroatoms. The molecule has 0 spiro atoms. The van der Waals surface area contributed by atoms with Crippen LogP contribution < -0.4 is 10.5 Å². The van der Waals surface area contributed by atoms with Gasteiger partial charge < -0.3 is 10.5 Å². The maximum absolute atomic E-state index is 12.0. The largest absolute Gasteiger partial charge is 0.490 e. The van der Waals surface area contributed by atoms with Gasteiger partial charge in [-0.2, -0.15) is 0 Å². The van der Waals surface area contributed by atoms with Crippen molar-refractivity contribution < 1.29 is 13.9 Å². The van der Waals surface area contributed by atoms with Gasteiger partial charge in [0, 0.05) is 27.9 Å². The standard InChI is InChI=1S/C12H18N2O4S/c1-9(5-6-13)19(17)8-10-3-4-12(18-2)11(7-10)14(15)16/h3-4,7,9H,5-6,8,13H2,1-2H3. The molecule has 0 heterocycles. The number of nitro groups is 1. The summed E-state index contributed by atoms with van der Waals surface area (Å²) in [7, 11) is 0.289. The Balaban J connectivity index is 2.88. The fourth-order valence-corrected chi connectivity index (χ4v) is 2.83. The van der Waals surface area contributed by atoms with Gasteiger partial charge in [-0.3, -0.25) is 14.3 Å². The molecule has 0 bridgehead atoms. The highest BCUT2D eigenvalue weighted by atomic mass is 32.2. The molecule has 0 saturated carbocycles. The van der Waals surface area contributed by atoms with E-state index in [4.69, 9.17) is 10.5 Å². The summed E-state index contributed by atoms with van der Waals surface area (Å²) >= 11 is 0. The van der Waals surface area contributed by atoms with Crippen molar-refractivity contribution in [1.29, 1.82) is 0 Å². The van der Waals surface area contributed by atoms with E-state index in [-0.39, 0.29) is 22.4 Å². The lowest BCUT2D eigenvalue weighted by molar-refractivity contribution is -0.385. The van der Waals surface area contributed by atoms with Crippen LogP contribution in [0.3, 0.4) is 0 Å². The lowest BCUT2D eigenvalue weighted by Gasteiger charge is -2.10. The van der Waals surface area contributed by atoms with Crippen molar-refractivity contribution in [1.82, 2.24) is 0 Å². The highest BCUT2D eigenvalue weighted by Crippen LogP contribution is 2.28. The van der Waals surface area contributed by atoms with Crippen LogP contribution in [0.4, 0.5) is 5.69 Å². The number of methoxy groups -OCH3 is 1. The summed E-state index contributed by atoms with van der Waals surface area (Å²) in [6.45, 7) is 2.34. The first-order valence-electron chi connectivity index (χ1n) is 5.88. The van der Waals surface area contributed by atoms with Crippen molar-refractivity contribution in [2.75, 3.05) is 13.7 Å². The van der Waals surface area contributed by atoms with Crippen molar-refractivity contribution in [3.63, 3.8) is 0 Å². The molecule has 0 aliphatic rings. The number of ether oxygens (including phenoxy) is 1. The number of nitrogens with two attached hydrogens (primary N) is 1. The van der Waals surface area contributed by atoms with E-state index in [1.807, 2.05) is 6.92 Å². The van der Waals surface area contributed by atoms with E-state index in [1.165, 1.54) is 19.2 Å². The van der Waals surface area contributed by atoms with Crippen molar-refractivity contribution in [2.45, 2.75) is 24.3 Å². The van der Waals surface area contributed by atoms with E-state index >= 15 is 0 Å². The summed E-state index contributed by atoms with van der Waals surface area (Å²) in [6, 6.07) is 4.63. The maximum Gasteiger partial charge on any atom is 0.311 e. The van der Waals surface area contributed by atoms with Gasteiger partial charge in [0.1, 0.15) is 0 Å². The zero-order valence-corrected chi connectivity index (χ0v) is 11.8. The van der Waals surface area contributed by atoms with E-state index in [2.05, 4.69) is 0 Å². The Kier molecular flexibility index (Phi) is 5.91. The van der Waals surface area contributed by atoms with Crippen LogP contribution in [0.1, 0.15) is 18.9 Å². The third-order valence-electron chi connectivity index (χ3n) is 2.77. The SMILES string of the molecule is COc1ccc(CS(=O)C(C)CCN)cc1[N+](=O)[O-]. The topological polar surface area (TPSA) is 95.5 Å². The fourth-order valence-electron chi connectivity index (χ4n) is 1.64.